The lowest BCUT2D eigenvalue weighted by Crippen LogP contribution is -2.37. The maximum absolute atomic E-state index is 12.6. The zero-order valence-corrected chi connectivity index (χ0v) is 13.0. The Labute approximate surface area is 125 Å². The summed E-state index contributed by atoms with van der Waals surface area (Å²) in [6.45, 7) is 4.35. The van der Waals surface area contributed by atoms with Gasteiger partial charge in [-0.3, -0.25) is 9.59 Å². The van der Waals surface area contributed by atoms with Crippen molar-refractivity contribution in [1.82, 2.24) is 4.90 Å². The van der Waals surface area contributed by atoms with Crippen LogP contribution in [0.1, 0.15) is 49.7 Å². The third kappa shape index (κ3) is 2.21. The van der Waals surface area contributed by atoms with Crippen LogP contribution in [0.5, 0.6) is 0 Å². The Morgan fingerprint density at radius 3 is 2.70 bits per heavy atom. The summed E-state index contributed by atoms with van der Waals surface area (Å²) in [7, 11) is 0. The summed E-state index contributed by atoms with van der Waals surface area (Å²) in [5.41, 5.74) is 1.26. The Morgan fingerprint density at radius 2 is 2.00 bits per heavy atom. The van der Waals surface area contributed by atoms with Crippen LogP contribution in [0.4, 0.5) is 0 Å². The topological polar surface area (TPSA) is 37.4 Å². The van der Waals surface area contributed by atoms with E-state index >= 15 is 0 Å². The maximum Gasteiger partial charge on any atom is 0.264 e. The molecule has 5 heteroatoms. The standard InChI is InChI=1S/C15H15NO2S2/c1-9-11-6-8-19-13(11)5-7-16(9)15(18)14-4-3-12(20-14)10(2)17/h3-4,6,8-9H,5,7H2,1-2H3/t9-/m1/s1. The molecule has 0 saturated carbocycles. The monoisotopic (exact) mass is 305 g/mol. The van der Waals surface area contributed by atoms with Crippen LogP contribution in [0.2, 0.25) is 0 Å². The van der Waals surface area contributed by atoms with Crippen LogP contribution >= 0.6 is 22.7 Å². The Hall–Kier alpha value is -1.46. The van der Waals surface area contributed by atoms with Gasteiger partial charge < -0.3 is 4.90 Å². The minimum absolute atomic E-state index is 0.0147. The SMILES string of the molecule is CC(=O)c1ccc(C(=O)N2CCc3sccc3[C@H]2C)s1. The fraction of sp³-hybridized carbons (Fsp3) is 0.333. The smallest absolute Gasteiger partial charge is 0.264 e. The van der Waals surface area contributed by atoms with Crippen LogP contribution in [-0.4, -0.2) is 23.1 Å². The van der Waals surface area contributed by atoms with Gasteiger partial charge >= 0.3 is 0 Å². The van der Waals surface area contributed by atoms with Gasteiger partial charge in [0.1, 0.15) is 0 Å². The lowest BCUT2D eigenvalue weighted by atomic mass is 10.0. The zero-order chi connectivity index (χ0) is 14.3. The largest absolute Gasteiger partial charge is 0.331 e. The molecule has 3 nitrogen and oxygen atoms in total. The zero-order valence-electron chi connectivity index (χ0n) is 11.4. The Bertz CT molecular complexity index is 671. The van der Waals surface area contributed by atoms with E-state index in [0.29, 0.717) is 9.75 Å². The van der Waals surface area contributed by atoms with Crippen LogP contribution < -0.4 is 0 Å². The molecule has 2 aromatic heterocycles. The number of rotatable bonds is 2. The number of nitrogens with zero attached hydrogens (tertiary/aromatic N) is 1. The lowest BCUT2D eigenvalue weighted by Gasteiger charge is -2.33. The summed E-state index contributed by atoms with van der Waals surface area (Å²) in [6.07, 6.45) is 0.925. The summed E-state index contributed by atoms with van der Waals surface area (Å²) in [4.78, 5) is 28.5. The van der Waals surface area contributed by atoms with Crippen molar-refractivity contribution in [3.05, 3.63) is 43.8 Å². The van der Waals surface area contributed by atoms with Gasteiger partial charge in [-0.25, -0.2) is 0 Å². The quantitative estimate of drug-likeness (QED) is 0.792. The first-order valence-corrected chi connectivity index (χ1v) is 8.25. The molecular formula is C15H15NO2S2. The summed E-state index contributed by atoms with van der Waals surface area (Å²) in [5, 5.41) is 2.09. The van der Waals surface area contributed by atoms with E-state index in [9.17, 15) is 9.59 Å². The molecule has 20 heavy (non-hydrogen) atoms. The van der Waals surface area contributed by atoms with Crippen LogP contribution in [0.3, 0.4) is 0 Å². The van der Waals surface area contributed by atoms with E-state index in [4.69, 9.17) is 0 Å². The second-order valence-electron chi connectivity index (χ2n) is 4.94. The normalized spacial score (nSPS) is 17.9. The Balaban J connectivity index is 1.86. The van der Waals surface area contributed by atoms with E-state index in [2.05, 4.69) is 18.4 Å². The highest BCUT2D eigenvalue weighted by atomic mass is 32.1. The highest BCUT2D eigenvalue weighted by molar-refractivity contribution is 7.16. The van der Waals surface area contributed by atoms with E-state index in [1.54, 1.807) is 23.5 Å². The molecule has 0 spiro atoms. The highest BCUT2D eigenvalue weighted by Gasteiger charge is 2.29. The molecule has 1 amide bonds. The molecule has 0 aliphatic carbocycles. The van der Waals surface area contributed by atoms with Crippen molar-refractivity contribution in [1.29, 1.82) is 0 Å². The van der Waals surface area contributed by atoms with Crippen molar-refractivity contribution in [2.24, 2.45) is 0 Å². The first-order chi connectivity index (χ1) is 9.58. The van der Waals surface area contributed by atoms with Gasteiger partial charge in [-0.2, -0.15) is 0 Å². The van der Waals surface area contributed by atoms with Crippen molar-refractivity contribution >= 4 is 34.4 Å². The molecule has 104 valence electrons. The second-order valence-corrected chi connectivity index (χ2v) is 7.03. The van der Waals surface area contributed by atoms with Crippen molar-refractivity contribution in [3.8, 4) is 0 Å². The average Bonchev–Trinajstić information content (AvgIpc) is 3.08. The van der Waals surface area contributed by atoms with Gasteiger partial charge in [0.2, 0.25) is 0 Å². The van der Waals surface area contributed by atoms with Crippen molar-refractivity contribution in [2.75, 3.05) is 6.54 Å². The molecule has 0 saturated heterocycles. The van der Waals surface area contributed by atoms with Crippen LogP contribution in [-0.2, 0) is 6.42 Å². The molecule has 1 aliphatic rings. The second kappa shape index (κ2) is 5.14. The van der Waals surface area contributed by atoms with Crippen molar-refractivity contribution in [3.63, 3.8) is 0 Å². The first-order valence-electron chi connectivity index (χ1n) is 6.56. The first kappa shape index (κ1) is 13.5. The van der Waals surface area contributed by atoms with Crippen molar-refractivity contribution in [2.45, 2.75) is 26.3 Å². The minimum atomic E-state index is 0.0147. The number of hydrogen-bond donors (Lipinski definition) is 0. The summed E-state index contributed by atoms with van der Waals surface area (Å²) in [6, 6.07) is 5.73. The molecule has 0 radical (unpaired) electrons. The van der Waals surface area contributed by atoms with E-state index in [1.807, 2.05) is 4.90 Å². The number of hydrogen-bond acceptors (Lipinski definition) is 4. The number of carbonyl (C=O) groups excluding carboxylic acids is 2. The molecule has 1 aliphatic heterocycles. The van der Waals surface area contributed by atoms with E-state index in [-0.39, 0.29) is 17.7 Å². The molecule has 1 atom stereocenters. The van der Waals surface area contributed by atoms with Gasteiger partial charge in [-0.05, 0) is 49.4 Å². The highest BCUT2D eigenvalue weighted by Crippen LogP contribution is 2.34. The van der Waals surface area contributed by atoms with Crippen molar-refractivity contribution < 1.29 is 9.59 Å². The maximum atomic E-state index is 12.6. The molecule has 3 heterocycles. The fourth-order valence-corrected chi connectivity index (χ4v) is 4.39. The summed E-state index contributed by atoms with van der Waals surface area (Å²) < 4.78 is 0. The van der Waals surface area contributed by atoms with Crippen LogP contribution in [0, 0.1) is 0 Å². The minimum Gasteiger partial charge on any atom is -0.331 e. The fourth-order valence-electron chi connectivity index (χ4n) is 2.57. The van der Waals surface area contributed by atoms with E-state index < -0.39 is 0 Å². The third-order valence-corrected chi connectivity index (χ3v) is 5.87. The number of amides is 1. The number of carbonyl (C=O) groups is 2. The van der Waals surface area contributed by atoms with Crippen LogP contribution in [0.15, 0.2) is 23.6 Å². The molecule has 0 aromatic carbocycles. The molecule has 3 rings (SSSR count). The number of ketones is 1. The number of Topliss-reactive ketones (excluding diaryl/α,β-unsaturated/α-hetero) is 1. The van der Waals surface area contributed by atoms with Gasteiger partial charge in [0.25, 0.3) is 5.91 Å². The lowest BCUT2D eigenvalue weighted by molar-refractivity contribution is 0.0684. The van der Waals surface area contributed by atoms with Gasteiger partial charge in [0.15, 0.2) is 5.78 Å². The number of fused-ring (bicyclic) bond motifs is 1. The van der Waals surface area contributed by atoms with Gasteiger partial charge in [0, 0.05) is 11.4 Å². The van der Waals surface area contributed by atoms with Crippen LogP contribution in [0.25, 0.3) is 0 Å². The third-order valence-electron chi connectivity index (χ3n) is 3.70. The molecule has 0 fully saturated rings. The molecule has 0 N–H and O–H groups in total. The average molecular weight is 305 g/mol. The predicted octanol–water partition coefficient (Wildman–Crippen LogP) is 3.77. The van der Waals surface area contributed by atoms with Gasteiger partial charge in [-0.15, -0.1) is 22.7 Å². The number of thiophene rings is 2. The Kier molecular flexibility index (Phi) is 3.48. The van der Waals surface area contributed by atoms with Gasteiger partial charge in [0.05, 0.1) is 15.8 Å². The molecule has 0 bridgehead atoms. The van der Waals surface area contributed by atoms with E-state index in [1.165, 1.54) is 28.7 Å². The molecular weight excluding hydrogens is 290 g/mol. The molecule has 0 unspecified atom stereocenters. The van der Waals surface area contributed by atoms with E-state index in [0.717, 1.165) is 13.0 Å². The molecule has 2 aromatic rings. The predicted molar refractivity (Wildman–Crippen MR) is 81.8 cm³/mol. The summed E-state index contributed by atoms with van der Waals surface area (Å²) in [5.74, 6) is 0.0488. The summed E-state index contributed by atoms with van der Waals surface area (Å²) >= 11 is 3.06. The Morgan fingerprint density at radius 1 is 1.25 bits per heavy atom. The van der Waals surface area contributed by atoms with Gasteiger partial charge in [-0.1, -0.05) is 0 Å².